The standard InChI is InChI=1S/C10H17N5O3S/c1-6(2)18-10-14-8(11)13-9(15-10)12-7-3-4-19(16,17)5-7/h6-7H,3-5H2,1-2H3,(H3,11,12,13,14,15). The number of nitrogens with two attached hydrogens (primary N) is 1. The molecule has 1 aliphatic heterocycles. The molecule has 0 aliphatic carbocycles. The van der Waals surface area contributed by atoms with Gasteiger partial charge in [0, 0.05) is 6.04 Å². The molecule has 1 aromatic rings. The molecule has 0 saturated carbocycles. The van der Waals surface area contributed by atoms with Gasteiger partial charge in [0.2, 0.25) is 11.9 Å². The van der Waals surface area contributed by atoms with Gasteiger partial charge in [-0.25, -0.2) is 8.42 Å². The molecule has 9 heteroatoms. The second-order valence-electron chi connectivity index (χ2n) is 4.71. The molecule has 1 saturated heterocycles. The van der Waals surface area contributed by atoms with Crippen molar-refractivity contribution in [2.45, 2.75) is 32.4 Å². The molecule has 0 spiro atoms. The Labute approximate surface area is 111 Å². The number of anilines is 2. The molecule has 106 valence electrons. The highest BCUT2D eigenvalue weighted by atomic mass is 32.2. The Kier molecular flexibility index (Phi) is 3.74. The van der Waals surface area contributed by atoms with Gasteiger partial charge in [-0.15, -0.1) is 0 Å². The molecule has 0 bridgehead atoms. The molecule has 1 aliphatic rings. The number of nitrogen functional groups attached to an aromatic ring is 1. The van der Waals surface area contributed by atoms with Crippen molar-refractivity contribution < 1.29 is 13.2 Å². The Hall–Kier alpha value is -1.64. The van der Waals surface area contributed by atoms with Gasteiger partial charge in [-0.2, -0.15) is 15.0 Å². The molecule has 3 N–H and O–H groups in total. The zero-order valence-electron chi connectivity index (χ0n) is 10.8. The van der Waals surface area contributed by atoms with E-state index in [0.29, 0.717) is 6.42 Å². The zero-order valence-corrected chi connectivity index (χ0v) is 11.6. The predicted octanol–water partition coefficient (Wildman–Crippen LogP) is -0.160. The van der Waals surface area contributed by atoms with Gasteiger partial charge >= 0.3 is 6.01 Å². The lowest BCUT2D eigenvalue weighted by Gasteiger charge is -2.12. The van der Waals surface area contributed by atoms with Crippen LogP contribution in [0, 0.1) is 0 Å². The number of hydrogen-bond acceptors (Lipinski definition) is 8. The van der Waals surface area contributed by atoms with Crippen LogP contribution in [0.5, 0.6) is 6.01 Å². The fourth-order valence-electron chi connectivity index (χ4n) is 1.79. The van der Waals surface area contributed by atoms with E-state index in [2.05, 4.69) is 20.3 Å². The van der Waals surface area contributed by atoms with Crippen LogP contribution in [-0.4, -0.2) is 47.0 Å². The summed E-state index contributed by atoms with van der Waals surface area (Å²) in [7, 11) is -2.95. The normalized spacial score (nSPS) is 21.5. The summed E-state index contributed by atoms with van der Waals surface area (Å²) >= 11 is 0. The van der Waals surface area contributed by atoms with Crippen molar-refractivity contribution in [3.63, 3.8) is 0 Å². The van der Waals surface area contributed by atoms with E-state index in [4.69, 9.17) is 10.5 Å². The fourth-order valence-corrected chi connectivity index (χ4v) is 3.46. The number of ether oxygens (including phenoxy) is 1. The van der Waals surface area contributed by atoms with Crippen LogP contribution in [0.3, 0.4) is 0 Å². The Bertz CT molecular complexity index is 560. The summed E-state index contributed by atoms with van der Waals surface area (Å²) in [4.78, 5) is 11.8. The van der Waals surface area contributed by atoms with Crippen molar-refractivity contribution in [2.24, 2.45) is 0 Å². The highest BCUT2D eigenvalue weighted by Gasteiger charge is 2.28. The average molecular weight is 287 g/mol. The summed E-state index contributed by atoms with van der Waals surface area (Å²) in [6.45, 7) is 3.69. The van der Waals surface area contributed by atoms with Gasteiger partial charge in [-0.3, -0.25) is 0 Å². The summed E-state index contributed by atoms with van der Waals surface area (Å²) in [5.41, 5.74) is 5.56. The minimum atomic E-state index is -2.95. The molecule has 0 amide bonds. The first-order valence-electron chi connectivity index (χ1n) is 5.99. The summed E-state index contributed by atoms with van der Waals surface area (Å²) < 4.78 is 28.1. The molecular weight excluding hydrogens is 270 g/mol. The quantitative estimate of drug-likeness (QED) is 0.783. The van der Waals surface area contributed by atoms with Crippen molar-refractivity contribution in [1.29, 1.82) is 0 Å². The van der Waals surface area contributed by atoms with E-state index in [9.17, 15) is 8.42 Å². The highest BCUT2D eigenvalue weighted by Crippen LogP contribution is 2.17. The number of nitrogens with zero attached hydrogens (tertiary/aromatic N) is 3. The lowest BCUT2D eigenvalue weighted by Crippen LogP contribution is -2.23. The lowest BCUT2D eigenvalue weighted by atomic mass is 10.3. The van der Waals surface area contributed by atoms with Crippen molar-refractivity contribution in [1.82, 2.24) is 15.0 Å². The molecule has 0 radical (unpaired) electrons. The maximum Gasteiger partial charge on any atom is 0.323 e. The minimum absolute atomic E-state index is 0.0361. The number of rotatable bonds is 4. The van der Waals surface area contributed by atoms with Crippen LogP contribution < -0.4 is 15.8 Å². The van der Waals surface area contributed by atoms with Gasteiger partial charge in [-0.1, -0.05) is 0 Å². The van der Waals surface area contributed by atoms with E-state index in [1.54, 1.807) is 0 Å². The summed E-state index contributed by atoms with van der Waals surface area (Å²) in [5.74, 6) is 0.541. The molecule has 1 aromatic heterocycles. The van der Waals surface area contributed by atoms with Gasteiger partial charge in [0.1, 0.15) is 0 Å². The molecular formula is C10H17N5O3S. The zero-order chi connectivity index (χ0) is 14.0. The molecule has 2 heterocycles. The third kappa shape index (κ3) is 3.91. The largest absolute Gasteiger partial charge is 0.461 e. The molecule has 2 rings (SSSR count). The molecule has 8 nitrogen and oxygen atoms in total. The summed E-state index contributed by atoms with van der Waals surface area (Å²) in [6, 6.07) is -0.0652. The van der Waals surface area contributed by atoms with Crippen LogP contribution in [0.1, 0.15) is 20.3 Å². The second kappa shape index (κ2) is 5.16. The van der Waals surface area contributed by atoms with Gasteiger partial charge in [0.05, 0.1) is 17.6 Å². The highest BCUT2D eigenvalue weighted by molar-refractivity contribution is 7.91. The Morgan fingerprint density at radius 3 is 2.68 bits per heavy atom. The maximum atomic E-state index is 11.4. The Balaban J connectivity index is 2.10. The van der Waals surface area contributed by atoms with Gasteiger partial charge in [-0.05, 0) is 20.3 Å². The maximum absolute atomic E-state index is 11.4. The molecule has 19 heavy (non-hydrogen) atoms. The van der Waals surface area contributed by atoms with E-state index in [0.717, 1.165) is 0 Å². The number of sulfone groups is 1. The van der Waals surface area contributed by atoms with Crippen LogP contribution in [0.2, 0.25) is 0 Å². The van der Waals surface area contributed by atoms with Crippen LogP contribution in [-0.2, 0) is 9.84 Å². The van der Waals surface area contributed by atoms with Crippen LogP contribution in [0.15, 0.2) is 0 Å². The average Bonchev–Trinajstić information content (AvgIpc) is 2.55. The molecule has 1 fully saturated rings. The fraction of sp³-hybridized carbons (Fsp3) is 0.700. The van der Waals surface area contributed by atoms with Crippen molar-refractivity contribution in [3.8, 4) is 6.01 Å². The number of nitrogens with one attached hydrogen (secondary N) is 1. The summed E-state index contributed by atoms with van der Waals surface area (Å²) in [6.07, 6.45) is 0.454. The van der Waals surface area contributed by atoms with E-state index < -0.39 is 9.84 Å². The van der Waals surface area contributed by atoms with Crippen molar-refractivity contribution in [3.05, 3.63) is 0 Å². The Morgan fingerprint density at radius 1 is 1.37 bits per heavy atom. The number of hydrogen-bond donors (Lipinski definition) is 2. The first-order chi connectivity index (χ1) is 8.84. The van der Waals surface area contributed by atoms with Gasteiger partial charge < -0.3 is 15.8 Å². The lowest BCUT2D eigenvalue weighted by molar-refractivity contribution is 0.222. The van der Waals surface area contributed by atoms with E-state index >= 15 is 0 Å². The third-order valence-electron chi connectivity index (χ3n) is 2.54. The molecule has 1 unspecified atom stereocenters. The second-order valence-corrected chi connectivity index (χ2v) is 6.94. The van der Waals surface area contributed by atoms with E-state index in [-0.39, 0.29) is 41.6 Å². The van der Waals surface area contributed by atoms with Crippen molar-refractivity contribution in [2.75, 3.05) is 22.6 Å². The minimum Gasteiger partial charge on any atom is -0.461 e. The third-order valence-corrected chi connectivity index (χ3v) is 4.31. The topological polar surface area (TPSA) is 120 Å². The van der Waals surface area contributed by atoms with Gasteiger partial charge in [0.25, 0.3) is 0 Å². The van der Waals surface area contributed by atoms with E-state index in [1.807, 2.05) is 13.8 Å². The summed E-state index contributed by atoms with van der Waals surface area (Å²) in [5, 5.41) is 2.95. The Morgan fingerprint density at radius 2 is 2.11 bits per heavy atom. The monoisotopic (exact) mass is 287 g/mol. The molecule has 1 atom stereocenters. The first-order valence-corrected chi connectivity index (χ1v) is 7.81. The first kappa shape index (κ1) is 13.8. The SMILES string of the molecule is CC(C)Oc1nc(N)nc(NC2CCS(=O)(=O)C2)n1. The number of aromatic nitrogens is 3. The van der Waals surface area contributed by atoms with Gasteiger partial charge in [0.15, 0.2) is 9.84 Å². The van der Waals surface area contributed by atoms with Crippen molar-refractivity contribution >= 4 is 21.7 Å². The van der Waals surface area contributed by atoms with Crippen LogP contribution in [0.25, 0.3) is 0 Å². The predicted molar refractivity (Wildman–Crippen MR) is 70.7 cm³/mol. The molecule has 0 aromatic carbocycles. The smallest absolute Gasteiger partial charge is 0.323 e. The van der Waals surface area contributed by atoms with Crippen LogP contribution >= 0.6 is 0 Å². The van der Waals surface area contributed by atoms with Crippen LogP contribution in [0.4, 0.5) is 11.9 Å². The van der Waals surface area contributed by atoms with E-state index in [1.165, 1.54) is 0 Å².